The van der Waals surface area contributed by atoms with Crippen molar-refractivity contribution < 1.29 is 42.9 Å². The lowest BCUT2D eigenvalue weighted by molar-refractivity contribution is -0.207. The number of nitrogens with one attached hydrogen (secondary N) is 2. The Kier molecular flexibility index (Phi) is 11.7. The third kappa shape index (κ3) is 8.69. The smallest absolute Gasteiger partial charge is 0.354 e. The molecule has 2 aromatic carbocycles. The number of alkyl halides is 1. The molecule has 2 amide bonds. The summed E-state index contributed by atoms with van der Waals surface area (Å²) in [5, 5.41) is 6.66. The van der Waals surface area contributed by atoms with Gasteiger partial charge in [0.05, 0.1) is 25.7 Å². The van der Waals surface area contributed by atoms with Crippen LogP contribution in [0.2, 0.25) is 0 Å². The SMILES string of the molecule is COC(=O)[C@]1(Cl)C[C@@H](N=[N+]=[N-])[C@@H](NC(C)=O)C([C@H](OC(C)=O)[C@@H](CNC(=O)c2ccc(-c3ccccc3)cc2)OC(C)=O)O1. The first-order valence-electron chi connectivity index (χ1n) is 13.4. The number of esters is 3. The van der Waals surface area contributed by atoms with Gasteiger partial charge in [0.15, 0.2) is 12.2 Å². The van der Waals surface area contributed by atoms with Gasteiger partial charge < -0.3 is 29.6 Å². The maximum absolute atomic E-state index is 13.1. The van der Waals surface area contributed by atoms with Gasteiger partial charge in [-0.1, -0.05) is 59.2 Å². The van der Waals surface area contributed by atoms with Crippen molar-refractivity contribution in [3.63, 3.8) is 0 Å². The molecule has 3 rings (SSSR count). The summed E-state index contributed by atoms with van der Waals surface area (Å²) in [5.41, 5.74) is 11.3. The second-order valence-corrected chi connectivity index (χ2v) is 10.5. The molecular formula is C29H32ClN5O9. The molecule has 1 fully saturated rings. The number of methoxy groups -OCH3 is 1. The summed E-state index contributed by atoms with van der Waals surface area (Å²) < 4.78 is 21.6. The van der Waals surface area contributed by atoms with Gasteiger partial charge in [0.25, 0.3) is 5.91 Å². The number of hydrogen-bond acceptors (Lipinski definition) is 10. The molecule has 44 heavy (non-hydrogen) atoms. The van der Waals surface area contributed by atoms with Crippen LogP contribution in [0, 0.1) is 0 Å². The highest BCUT2D eigenvalue weighted by Crippen LogP contribution is 2.38. The molecule has 2 aromatic rings. The predicted molar refractivity (Wildman–Crippen MR) is 156 cm³/mol. The number of amides is 2. The third-order valence-corrected chi connectivity index (χ3v) is 7.05. The van der Waals surface area contributed by atoms with Crippen LogP contribution in [0.15, 0.2) is 59.7 Å². The maximum atomic E-state index is 13.1. The van der Waals surface area contributed by atoms with Gasteiger partial charge in [-0.15, -0.1) is 0 Å². The topological polar surface area (TPSA) is 195 Å². The van der Waals surface area contributed by atoms with Gasteiger partial charge in [-0.3, -0.25) is 19.2 Å². The van der Waals surface area contributed by atoms with E-state index in [4.69, 9.17) is 30.5 Å². The first-order chi connectivity index (χ1) is 20.9. The van der Waals surface area contributed by atoms with Crippen molar-refractivity contribution in [1.82, 2.24) is 10.6 Å². The van der Waals surface area contributed by atoms with Crippen LogP contribution in [-0.4, -0.2) is 78.8 Å². The Morgan fingerprint density at radius 1 is 1.02 bits per heavy atom. The summed E-state index contributed by atoms with van der Waals surface area (Å²) in [6.45, 7) is 2.95. The molecule has 1 aliphatic rings. The summed E-state index contributed by atoms with van der Waals surface area (Å²) >= 11 is 6.50. The number of ether oxygens (including phenoxy) is 4. The second-order valence-electron chi connectivity index (χ2n) is 9.88. The number of rotatable bonds is 11. The minimum Gasteiger partial charge on any atom is -0.466 e. The lowest BCUT2D eigenvalue weighted by atomic mass is 9.88. The molecule has 6 atom stereocenters. The van der Waals surface area contributed by atoms with Gasteiger partial charge >= 0.3 is 17.9 Å². The molecule has 0 aliphatic carbocycles. The lowest BCUT2D eigenvalue weighted by Gasteiger charge is -2.46. The fraction of sp³-hybridized carbons (Fsp3) is 0.414. The highest BCUT2D eigenvalue weighted by atomic mass is 35.5. The van der Waals surface area contributed by atoms with Gasteiger partial charge in [0.2, 0.25) is 11.0 Å². The second kappa shape index (κ2) is 15.2. The molecule has 1 heterocycles. The van der Waals surface area contributed by atoms with Crippen molar-refractivity contribution >= 4 is 41.3 Å². The van der Waals surface area contributed by atoms with E-state index in [1.54, 1.807) is 24.3 Å². The Morgan fingerprint density at radius 2 is 1.64 bits per heavy atom. The molecule has 0 saturated carbocycles. The zero-order valence-corrected chi connectivity index (χ0v) is 25.1. The van der Waals surface area contributed by atoms with Gasteiger partial charge in [-0.2, -0.15) is 0 Å². The summed E-state index contributed by atoms with van der Waals surface area (Å²) in [7, 11) is 1.06. The molecule has 1 saturated heterocycles. The Labute approximate surface area is 257 Å². The number of nitrogens with zero attached hydrogens (tertiary/aromatic N) is 3. The molecule has 234 valence electrons. The van der Waals surface area contributed by atoms with Crippen molar-refractivity contribution in [2.75, 3.05) is 13.7 Å². The number of halogens is 1. The van der Waals surface area contributed by atoms with E-state index in [1.807, 2.05) is 30.3 Å². The van der Waals surface area contributed by atoms with Gasteiger partial charge in [0.1, 0.15) is 6.10 Å². The normalized spacial score (nSPS) is 22.2. The van der Waals surface area contributed by atoms with E-state index < -0.39 is 78.1 Å². The quantitative estimate of drug-likeness (QED) is 0.0937. The minimum absolute atomic E-state index is 0.286. The summed E-state index contributed by atoms with van der Waals surface area (Å²) in [4.78, 5) is 65.1. The summed E-state index contributed by atoms with van der Waals surface area (Å²) in [5.74, 6) is -3.85. The third-order valence-electron chi connectivity index (χ3n) is 6.65. The van der Waals surface area contributed by atoms with Crippen molar-refractivity contribution in [2.24, 2.45) is 5.11 Å². The van der Waals surface area contributed by atoms with Crippen molar-refractivity contribution in [3.05, 3.63) is 70.6 Å². The van der Waals surface area contributed by atoms with E-state index in [0.29, 0.717) is 0 Å². The van der Waals surface area contributed by atoms with Crippen LogP contribution < -0.4 is 10.6 Å². The highest BCUT2D eigenvalue weighted by molar-refractivity contribution is 6.32. The standard InChI is InChI=1S/C29H32ClN5O9/c1-16(36)33-24-22(34-35-31)14-29(30,28(40)41-4)44-26(24)25(43-18(3)38)23(42-17(2)37)15-32-27(39)21-12-10-20(11-13-21)19-8-6-5-7-9-19/h5-13,22-26H,14-15H2,1-4H3,(H,32,39)(H,33,36)/t22-,23-,24-,25-,26?,29+/m1/s1. The van der Waals surface area contributed by atoms with Crippen LogP contribution in [-0.2, 0) is 38.1 Å². The predicted octanol–water partition coefficient (Wildman–Crippen LogP) is 3.03. The maximum Gasteiger partial charge on any atom is 0.354 e. The Hall–Kier alpha value is -4.65. The zero-order valence-electron chi connectivity index (χ0n) is 24.4. The Balaban J connectivity index is 1.96. The van der Waals surface area contributed by atoms with Crippen LogP contribution in [0.5, 0.6) is 0 Å². The van der Waals surface area contributed by atoms with Crippen LogP contribution in [0.3, 0.4) is 0 Å². The van der Waals surface area contributed by atoms with E-state index in [-0.39, 0.29) is 5.56 Å². The molecule has 0 aromatic heterocycles. The zero-order chi connectivity index (χ0) is 32.4. The number of hydrogen-bond donors (Lipinski definition) is 2. The average Bonchev–Trinajstić information content (AvgIpc) is 2.99. The van der Waals surface area contributed by atoms with Crippen LogP contribution >= 0.6 is 11.6 Å². The number of azide groups is 1. The molecule has 1 aliphatic heterocycles. The Bertz CT molecular complexity index is 1420. The number of benzene rings is 2. The number of carbonyl (C=O) groups is 5. The largest absolute Gasteiger partial charge is 0.466 e. The first-order valence-corrected chi connectivity index (χ1v) is 13.8. The fourth-order valence-electron chi connectivity index (χ4n) is 4.82. The van der Waals surface area contributed by atoms with Crippen LogP contribution in [0.25, 0.3) is 21.6 Å². The van der Waals surface area contributed by atoms with Crippen LogP contribution in [0.4, 0.5) is 0 Å². The van der Waals surface area contributed by atoms with E-state index in [0.717, 1.165) is 32.1 Å². The lowest BCUT2D eigenvalue weighted by Crippen LogP contribution is -2.66. The molecule has 2 N–H and O–H groups in total. The fourth-order valence-corrected chi connectivity index (χ4v) is 5.16. The van der Waals surface area contributed by atoms with Crippen molar-refractivity contribution in [2.45, 2.75) is 62.6 Å². The minimum atomic E-state index is -2.24. The van der Waals surface area contributed by atoms with Crippen molar-refractivity contribution in [1.29, 1.82) is 0 Å². The summed E-state index contributed by atoms with van der Waals surface area (Å²) in [6, 6.07) is 13.9. The molecule has 1 unspecified atom stereocenters. The molecule has 15 heteroatoms. The molecular weight excluding hydrogens is 598 g/mol. The highest BCUT2D eigenvalue weighted by Gasteiger charge is 2.56. The van der Waals surface area contributed by atoms with E-state index in [9.17, 15) is 29.5 Å². The van der Waals surface area contributed by atoms with E-state index in [1.165, 1.54) is 6.92 Å². The first kappa shape index (κ1) is 33.8. The van der Waals surface area contributed by atoms with Crippen molar-refractivity contribution in [3.8, 4) is 11.1 Å². The van der Waals surface area contributed by atoms with Gasteiger partial charge in [-0.05, 0) is 28.8 Å². The molecule has 14 nitrogen and oxygen atoms in total. The Morgan fingerprint density at radius 3 is 2.18 bits per heavy atom. The number of carbonyl (C=O) groups excluding carboxylic acids is 5. The molecule has 0 radical (unpaired) electrons. The summed E-state index contributed by atoms with van der Waals surface area (Å²) in [6.07, 6.45) is -4.95. The van der Waals surface area contributed by atoms with Crippen LogP contribution in [0.1, 0.15) is 37.6 Å². The molecule has 0 bridgehead atoms. The van der Waals surface area contributed by atoms with Gasteiger partial charge in [-0.25, -0.2) is 4.79 Å². The molecule has 0 spiro atoms. The average molecular weight is 630 g/mol. The monoisotopic (exact) mass is 629 g/mol. The van der Waals surface area contributed by atoms with E-state index >= 15 is 0 Å². The van der Waals surface area contributed by atoms with Gasteiger partial charge in [0, 0.05) is 37.7 Å². The van der Waals surface area contributed by atoms with E-state index in [2.05, 4.69) is 20.7 Å².